The predicted octanol–water partition coefficient (Wildman–Crippen LogP) is 6.81. The van der Waals surface area contributed by atoms with Gasteiger partial charge >= 0.3 is 29.6 Å². The van der Waals surface area contributed by atoms with Crippen LogP contribution in [0.4, 0.5) is 0 Å². The van der Waals surface area contributed by atoms with Crippen molar-refractivity contribution in [1.29, 1.82) is 0 Å². The van der Waals surface area contributed by atoms with Gasteiger partial charge in [-0.05, 0) is 42.2 Å². The maximum absolute atomic E-state index is 11.8. The Morgan fingerprint density at radius 1 is 0.667 bits per heavy atom. The van der Waals surface area contributed by atoms with Crippen molar-refractivity contribution in [3.8, 4) is 5.75 Å². The first-order chi connectivity index (χ1) is 18.5. The average molecular weight is 565 g/mol. The quantitative estimate of drug-likeness (QED) is 0.0682. The van der Waals surface area contributed by atoms with Crippen molar-refractivity contribution in [3.05, 3.63) is 65.2 Å². The summed E-state index contributed by atoms with van der Waals surface area (Å²) in [6.45, 7) is 4.91. The Balaban J connectivity index is 0.00000760. The van der Waals surface area contributed by atoms with Crippen LogP contribution in [-0.4, -0.2) is 13.2 Å². The first-order valence-electron chi connectivity index (χ1n) is 15.0. The normalized spacial score (nSPS) is 12.8. The summed E-state index contributed by atoms with van der Waals surface area (Å²) in [5.74, 6) is 0.914. The van der Waals surface area contributed by atoms with Crippen LogP contribution in [0, 0.1) is 0 Å². The maximum atomic E-state index is 11.8. The van der Waals surface area contributed by atoms with Gasteiger partial charge in [-0.25, -0.2) is 0 Å². The van der Waals surface area contributed by atoms with Crippen LogP contribution >= 0.6 is 7.60 Å². The maximum Gasteiger partial charge on any atom is 1.00 e. The summed E-state index contributed by atoms with van der Waals surface area (Å²) in [5.41, 5.74) is 2.84. The van der Waals surface area contributed by atoms with Gasteiger partial charge in [0.1, 0.15) is 13.3 Å². The van der Waals surface area contributed by atoms with Gasteiger partial charge in [0.2, 0.25) is 0 Å². The molecule has 0 saturated heterocycles. The molecule has 0 spiro atoms. The molecule has 212 valence electrons. The Morgan fingerprint density at radius 3 is 1.56 bits per heavy atom. The van der Waals surface area contributed by atoms with E-state index < -0.39 is 7.60 Å². The molecule has 0 aromatic heterocycles. The molecule has 0 fully saturated rings. The van der Waals surface area contributed by atoms with E-state index in [2.05, 4.69) is 19.1 Å². The zero-order valence-electron chi connectivity index (χ0n) is 24.9. The van der Waals surface area contributed by atoms with Crippen LogP contribution in [0.25, 0.3) is 12.2 Å². The molecule has 39 heavy (non-hydrogen) atoms. The molecule has 0 bridgehead atoms. The van der Waals surface area contributed by atoms with E-state index >= 15 is 0 Å². The first kappa shape index (κ1) is 36.2. The Morgan fingerprint density at radius 2 is 1.10 bits per heavy atom. The van der Waals surface area contributed by atoms with E-state index in [0.717, 1.165) is 35.5 Å². The standard InChI is InChI=1S/C33H51O4P.Na/c1-3-5-6-7-8-9-10-11-12-13-14-15-16-17-28-36-33-26-24-31(25-27-33)19-18-30-20-22-32(23-21-30)29-38(34,35)37-4-2;/h18-27H,3-17,28-29H2,1-2H3,(H,34,35);/q;+1/p-1/b19-18+;. The van der Waals surface area contributed by atoms with Crippen LogP contribution in [0.2, 0.25) is 0 Å². The number of unbranched alkanes of at least 4 members (excludes halogenated alkanes) is 13. The van der Waals surface area contributed by atoms with E-state index in [-0.39, 0.29) is 42.3 Å². The molecule has 2 rings (SSSR count). The van der Waals surface area contributed by atoms with E-state index in [1.807, 2.05) is 48.6 Å². The fraction of sp³-hybridized carbons (Fsp3) is 0.576. The third-order valence-electron chi connectivity index (χ3n) is 6.80. The molecule has 0 saturated carbocycles. The predicted molar refractivity (Wildman–Crippen MR) is 161 cm³/mol. The molecule has 1 atom stereocenters. The number of benzene rings is 2. The van der Waals surface area contributed by atoms with E-state index in [0.29, 0.717) is 0 Å². The van der Waals surface area contributed by atoms with Crippen LogP contribution < -0.4 is 39.2 Å². The molecule has 6 heteroatoms. The van der Waals surface area contributed by atoms with Crippen LogP contribution in [-0.2, 0) is 15.3 Å². The van der Waals surface area contributed by atoms with E-state index in [1.54, 1.807) is 6.92 Å². The Hall–Kier alpha value is -0.870. The third kappa shape index (κ3) is 18.2. The second-order valence-electron chi connectivity index (χ2n) is 10.3. The largest absolute Gasteiger partial charge is 1.00 e. The fourth-order valence-electron chi connectivity index (χ4n) is 4.55. The van der Waals surface area contributed by atoms with Crippen molar-refractivity contribution >= 4 is 19.7 Å². The molecular weight excluding hydrogens is 514 g/mol. The number of hydrogen-bond donors (Lipinski definition) is 0. The fourth-order valence-corrected chi connectivity index (χ4v) is 5.70. The van der Waals surface area contributed by atoms with Gasteiger partial charge < -0.3 is 18.7 Å². The van der Waals surface area contributed by atoms with E-state index in [9.17, 15) is 9.46 Å². The zero-order valence-corrected chi connectivity index (χ0v) is 27.8. The molecule has 1 unspecified atom stereocenters. The van der Waals surface area contributed by atoms with Gasteiger partial charge in [-0.15, -0.1) is 0 Å². The second kappa shape index (κ2) is 22.8. The zero-order chi connectivity index (χ0) is 27.3. The molecule has 0 aliphatic rings. The van der Waals surface area contributed by atoms with E-state index in [1.165, 1.54) is 83.5 Å². The van der Waals surface area contributed by atoms with E-state index in [4.69, 9.17) is 9.26 Å². The van der Waals surface area contributed by atoms with Crippen molar-refractivity contribution in [1.82, 2.24) is 0 Å². The van der Waals surface area contributed by atoms with Gasteiger partial charge in [-0.2, -0.15) is 0 Å². The Bertz CT molecular complexity index is 928. The van der Waals surface area contributed by atoms with Gasteiger partial charge in [0.15, 0.2) is 0 Å². The molecule has 0 amide bonds. The van der Waals surface area contributed by atoms with Crippen LogP contribution in [0.5, 0.6) is 5.75 Å². The SMILES string of the molecule is CCCCCCCCCCCCCCCCOc1ccc(/C=C/c2ccc(CP(=O)([O-])OCC)cc2)cc1.[Na+]. The van der Waals surface area contributed by atoms with Crippen molar-refractivity contribution in [2.45, 2.75) is 110 Å². The number of hydrogen-bond acceptors (Lipinski definition) is 4. The average Bonchev–Trinajstić information content (AvgIpc) is 2.91. The van der Waals surface area contributed by atoms with Crippen LogP contribution in [0.3, 0.4) is 0 Å². The van der Waals surface area contributed by atoms with Crippen LogP contribution in [0.1, 0.15) is 120 Å². The molecule has 2 aromatic carbocycles. The third-order valence-corrected chi connectivity index (χ3v) is 8.20. The number of ether oxygens (including phenoxy) is 1. The molecular formula is C33H50NaO4P. The summed E-state index contributed by atoms with van der Waals surface area (Å²) in [4.78, 5) is 11.8. The molecule has 2 aromatic rings. The van der Waals surface area contributed by atoms with Gasteiger partial charge in [-0.1, -0.05) is 139 Å². The molecule has 4 nitrogen and oxygen atoms in total. The van der Waals surface area contributed by atoms with Gasteiger partial charge in [0, 0.05) is 6.16 Å². The van der Waals surface area contributed by atoms with Crippen molar-refractivity contribution in [3.63, 3.8) is 0 Å². The summed E-state index contributed by atoms with van der Waals surface area (Å²) >= 11 is 0. The molecule has 0 radical (unpaired) electrons. The molecule has 0 aliphatic heterocycles. The number of rotatable bonds is 22. The van der Waals surface area contributed by atoms with Crippen LogP contribution in [0.15, 0.2) is 48.5 Å². The summed E-state index contributed by atoms with van der Waals surface area (Å²) in [5, 5.41) is 0. The van der Waals surface area contributed by atoms with Gasteiger partial charge in [0.25, 0.3) is 0 Å². The Kier molecular flexibility index (Phi) is 21.1. The smallest absolute Gasteiger partial charge is 0.778 e. The summed E-state index contributed by atoms with van der Waals surface area (Å²) in [6, 6.07) is 15.7. The Labute approximate surface area is 260 Å². The summed E-state index contributed by atoms with van der Waals surface area (Å²) in [7, 11) is -3.80. The van der Waals surface area contributed by atoms with Crippen molar-refractivity contribution in [2.75, 3.05) is 13.2 Å². The van der Waals surface area contributed by atoms with Crippen molar-refractivity contribution in [2.24, 2.45) is 0 Å². The minimum absolute atomic E-state index is 0. The summed E-state index contributed by atoms with van der Waals surface area (Å²) in [6.07, 6.45) is 23.1. The first-order valence-corrected chi connectivity index (χ1v) is 16.7. The minimum atomic E-state index is -3.80. The minimum Gasteiger partial charge on any atom is -0.778 e. The van der Waals surface area contributed by atoms with Gasteiger partial charge in [-0.3, -0.25) is 0 Å². The molecule has 0 heterocycles. The molecule has 0 N–H and O–H groups in total. The second-order valence-corrected chi connectivity index (χ2v) is 12.1. The summed E-state index contributed by atoms with van der Waals surface area (Å²) < 4.78 is 22.6. The van der Waals surface area contributed by atoms with Crippen molar-refractivity contribution < 1.29 is 48.3 Å². The molecule has 0 aliphatic carbocycles. The monoisotopic (exact) mass is 564 g/mol. The topological polar surface area (TPSA) is 58.6 Å². The van der Waals surface area contributed by atoms with Gasteiger partial charge in [0.05, 0.1) is 13.2 Å².